The first-order valence-electron chi connectivity index (χ1n) is 5.05. The maximum atomic E-state index is 12.9. The lowest BCUT2D eigenvalue weighted by Crippen LogP contribution is -2.36. The molecule has 0 heterocycles. The summed E-state index contributed by atoms with van der Waals surface area (Å²) >= 11 is 0. The van der Waals surface area contributed by atoms with Gasteiger partial charge < -0.3 is 16.2 Å². The summed E-state index contributed by atoms with van der Waals surface area (Å²) in [6.07, 6.45) is 0.624. The second kappa shape index (κ2) is 5.46. The fourth-order valence-corrected chi connectivity index (χ4v) is 1.23. The maximum absolute atomic E-state index is 12.9. The van der Waals surface area contributed by atoms with E-state index in [-0.39, 0.29) is 29.8 Å². The SMILES string of the molecule is CC[C@H](CO)NC(=O)c1ccc(F)c(N)c1. The van der Waals surface area contributed by atoms with Crippen LogP contribution in [0.5, 0.6) is 0 Å². The van der Waals surface area contributed by atoms with Crippen LogP contribution in [0.15, 0.2) is 18.2 Å². The van der Waals surface area contributed by atoms with E-state index in [9.17, 15) is 9.18 Å². The second-order valence-corrected chi connectivity index (χ2v) is 3.50. The van der Waals surface area contributed by atoms with Crippen LogP contribution < -0.4 is 11.1 Å². The van der Waals surface area contributed by atoms with E-state index in [2.05, 4.69) is 5.32 Å². The van der Waals surface area contributed by atoms with E-state index in [0.29, 0.717) is 6.42 Å². The summed E-state index contributed by atoms with van der Waals surface area (Å²) < 4.78 is 12.9. The fraction of sp³-hybridized carbons (Fsp3) is 0.364. The third-order valence-corrected chi connectivity index (χ3v) is 2.31. The van der Waals surface area contributed by atoms with Crippen LogP contribution in [-0.2, 0) is 0 Å². The Balaban J connectivity index is 2.76. The third kappa shape index (κ3) is 2.93. The lowest BCUT2D eigenvalue weighted by Gasteiger charge is -2.14. The summed E-state index contributed by atoms with van der Waals surface area (Å²) in [6.45, 7) is 1.72. The maximum Gasteiger partial charge on any atom is 0.251 e. The molecule has 0 unspecified atom stereocenters. The van der Waals surface area contributed by atoms with E-state index in [4.69, 9.17) is 10.8 Å². The molecule has 4 N–H and O–H groups in total. The molecule has 88 valence electrons. The quantitative estimate of drug-likeness (QED) is 0.668. The first kappa shape index (κ1) is 12.4. The molecule has 0 radical (unpaired) electrons. The molecule has 5 heteroatoms. The zero-order chi connectivity index (χ0) is 12.1. The van der Waals surface area contributed by atoms with Crippen molar-refractivity contribution >= 4 is 11.6 Å². The minimum atomic E-state index is -0.550. The molecule has 1 aromatic carbocycles. The Morgan fingerprint density at radius 2 is 2.31 bits per heavy atom. The number of rotatable bonds is 4. The van der Waals surface area contributed by atoms with E-state index < -0.39 is 5.82 Å². The Morgan fingerprint density at radius 1 is 1.62 bits per heavy atom. The normalized spacial score (nSPS) is 12.2. The van der Waals surface area contributed by atoms with Crippen molar-refractivity contribution < 1.29 is 14.3 Å². The average Bonchev–Trinajstić information content (AvgIpc) is 2.29. The third-order valence-electron chi connectivity index (χ3n) is 2.31. The molecular formula is C11H15FN2O2. The predicted octanol–water partition coefficient (Wildman–Crippen LogP) is 0.909. The molecule has 1 aromatic rings. The van der Waals surface area contributed by atoms with Crippen molar-refractivity contribution in [2.45, 2.75) is 19.4 Å². The fourth-order valence-electron chi connectivity index (χ4n) is 1.23. The molecule has 1 amide bonds. The number of nitrogen functional groups attached to an aromatic ring is 1. The van der Waals surface area contributed by atoms with Gasteiger partial charge in [0.05, 0.1) is 18.3 Å². The topological polar surface area (TPSA) is 75.3 Å². The van der Waals surface area contributed by atoms with Gasteiger partial charge in [-0.25, -0.2) is 4.39 Å². The molecule has 0 saturated carbocycles. The standard InChI is InChI=1S/C11H15FN2O2/c1-2-8(6-15)14-11(16)7-3-4-9(12)10(13)5-7/h3-5,8,15H,2,6,13H2,1H3,(H,14,16)/t8-/m1/s1. The van der Waals surface area contributed by atoms with E-state index in [1.54, 1.807) is 0 Å². The van der Waals surface area contributed by atoms with Crippen LogP contribution in [-0.4, -0.2) is 23.7 Å². The van der Waals surface area contributed by atoms with Crippen LogP contribution in [0, 0.1) is 5.82 Å². The number of aliphatic hydroxyl groups excluding tert-OH is 1. The van der Waals surface area contributed by atoms with Crippen molar-refractivity contribution in [3.8, 4) is 0 Å². The summed E-state index contributed by atoms with van der Waals surface area (Å²) in [5, 5.41) is 11.5. The molecule has 1 atom stereocenters. The van der Waals surface area contributed by atoms with Crippen molar-refractivity contribution in [3.63, 3.8) is 0 Å². The summed E-state index contributed by atoms with van der Waals surface area (Å²) in [4.78, 5) is 11.6. The van der Waals surface area contributed by atoms with Gasteiger partial charge in [0.1, 0.15) is 5.82 Å². The summed E-state index contributed by atoms with van der Waals surface area (Å²) in [7, 11) is 0. The van der Waals surface area contributed by atoms with Crippen LogP contribution in [0.3, 0.4) is 0 Å². The number of nitrogens with two attached hydrogens (primary N) is 1. The van der Waals surface area contributed by atoms with Crippen molar-refractivity contribution in [2.24, 2.45) is 0 Å². The molecule has 0 aromatic heterocycles. The Kier molecular flexibility index (Phi) is 4.25. The van der Waals surface area contributed by atoms with Gasteiger partial charge >= 0.3 is 0 Å². The number of carbonyl (C=O) groups excluding carboxylic acids is 1. The first-order chi connectivity index (χ1) is 7.58. The monoisotopic (exact) mass is 226 g/mol. The van der Waals surface area contributed by atoms with Crippen LogP contribution >= 0.6 is 0 Å². The van der Waals surface area contributed by atoms with Crippen LogP contribution in [0.4, 0.5) is 10.1 Å². The molecule has 0 saturated heterocycles. The van der Waals surface area contributed by atoms with Crippen molar-refractivity contribution in [1.29, 1.82) is 0 Å². The van der Waals surface area contributed by atoms with Gasteiger partial charge in [-0.15, -0.1) is 0 Å². The van der Waals surface area contributed by atoms with Gasteiger partial charge in [-0.05, 0) is 24.6 Å². The van der Waals surface area contributed by atoms with Gasteiger partial charge in [-0.1, -0.05) is 6.92 Å². The van der Waals surface area contributed by atoms with Crippen molar-refractivity contribution in [1.82, 2.24) is 5.32 Å². The average molecular weight is 226 g/mol. The van der Waals surface area contributed by atoms with Gasteiger partial charge in [0.15, 0.2) is 0 Å². The number of hydrogen-bond donors (Lipinski definition) is 3. The number of carbonyl (C=O) groups is 1. The number of aliphatic hydroxyl groups is 1. The largest absolute Gasteiger partial charge is 0.396 e. The summed E-state index contributed by atoms with van der Waals surface area (Å²) in [6, 6.07) is 3.48. The first-order valence-corrected chi connectivity index (χ1v) is 5.05. The smallest absolute Gasteiger partial charge is 0.251 e. The number of halogens is 1. The van der Waals surface area contributed by atoms with Crippen molar-refractivity contribution in [2.75, 3.05) is 12.3 Å². The van der Waals surface area contributed by atoms with Gasteiger partial charge in [-0.3, -0.25) is 4.79 Å². The predicted molar refractivity (Wildman–Crippen MR) is 59.4 cm³/mol. The van der Waals surface area contributed by atoms with Gasteiger partial charge in [0.2, 0.25) is 0 Å². The molecular weight excluding hydrogens is 211 g/mol. The Labute approximate surface area is 93.3 Å². The number of amides is 1. The highest BCUT2D eigenvalue weighted by atomic mass is 19.1. The highest BCUT2D eigenvalue weighted by molar-refractivity contribution is 5.95. The second-order valence-electron chi connectivity index (χ2n) is 3.50. The Bertz CT molecular complexity index is 378. The molecule has 0 fully saturated rings. The molecule has 16 heavy (non-hydrogen) atoms. The molecule has 0 bridgehead atoms. The van der Waals surface area contributed by atoms with Gasteiger partial charge in [0.25, 0.3) is 5.91 Å². The molecule has 0 spiro atoms. The number of hydrogen-bond acceptors (Lipinski definition) is 3. The molecule has 1 rings (SSSR count). The molecule has 0 aliphatic rings. The van der Waals surface area contributed by atoms with E-state index in [1.807, 2.05) is 6.92 Å². The highest BCUT2D eigenvalue weighted by Gasteiger charge is 2.12. The van der Waals surface area contributed by atoms with E-state index in [1.165, 1.54) is 12.1 Å². The zero-order valence-electron chi connectivity index (χ0n) is 9.03. The minimum Gasteiger partial charge on any atom is -0.396 e. The van der Waals surface area contributed by atoms with E-state index >= 15 is 0 Å². The van der Waals surface area contributed by atoms with Gasteiger partial charge in [-0.2, -0.15) is 0 Å². The molecule has 0 aliphatic carbocycles. The number of nitrogens with one attached hydrogen (secondary N) is 1. The lowest BCUT2D eigenvalue weighted by atomic mass is 10.1. The number of anilines is 1. The Hall–Kier alpha value is -1.62. The van der Waals surface area contributed by atoms with Crippen LogP contribution in [0.2, 0.25) is 0 Å². The molecule has 0 aliphatic heterocycles. The minimum absolute atomic E-state index is 0.0651. The van der Waals surface area contributed by atoms with Crippen LogP contribution in [0.25, 0.3) is 0 Å². The number of benzene rings is 1. The molecule has 4 nitrogen and oxygen atoms in total. The summed E-state index contributed by atoms with van der Waals surface area (Å²) in [5.74, 6) is -0.918. The van der Waals surface area contributed by atoms with Crippen LogP contribution in [0.1, 0.15) is 23.7 Å². The van der Waals surface area contributed by atoms with Crippen molar-refractivity contribution in [3.05, 3.63) is 29.6 Å². The van der Waals surface area contributed by atoms with Gasteiger partial charge in [0, 0.05) is 5.56 Å². The zero-order valence-corrected chi connectivity index (χ0v) is 9.03. The van der Waals surface area contributed by atoms with E-state index in [0.717, 1.165) is 6.07 Å². The lowest BCUT2D eigenvalue weighted by molar-refractivity contribution is 0.0915. The highest BCUT2D eigenvalue weighted by Crippen LogP contribution is 2.12. The summed E-state index contributed by atoms with van der Waals surface area (Å²) in [5.41, 5.74) is 5.57. The Morgan fingerprint density at radius 3 is 2.81 bits per heavy atom.